The molecule has 0 radical (unpaired) electrons. The fourth-order valence-corrected chi connectivity index (χ4v) is 1.69. The van der Waals surface area contributed by atoms with E-state index in [1.807, 2.05) is 31.3 Å². The van der Waals surface area contributed by atoms with Gasteiger partial charge in [-0.2, -0.15) is 4.98 Å². The van der Waals surface area contributed by atoms with Crippen LogP contribution in [0.5, 0.6) is 11.5 Å². The van der Waals surface area contributed by atoms with Crippen LogP contribution in [-0.2, 0) is 13.0 Å². The molecule has 6 nitrogen and oxygen atoms in total. The summed E-state index contributed by atoms with van der Waals surface area (Å²) in [5.74, 6) is 2.45. The molecule has 2 rings (SSSR count). The number of methoxy groups -OCH3 is 1. The molecule has 0 spiro atoms. The summed E-state index contributed by atoms with van der Waals surface area (Å²) in [6, 6.07) is 7.74. The molecule has 0 amide bonds. The number of nitrogens with one attached hydrogen (secondary N) is 1. The van der Waals surface area contributed by atoms with Crippen molar-refractivity contribution in [2.45, 2.75) is 26.0 Å². The van der Waals surface area contributed by atoms with Crippen LogP contribution in [0.3, 0.4) is 0 Å². The Morgan fingerprint density at radius 2 is 2.00 bits per heavy atom. The molecule has 0 aliphatic heterocycles. The maximum absolute atomic E-state index is 5.62. The topological polar surface area (TPSA) is 69.4 Å². The predicted octanol–water partition coefficient (Wildman–Crippen LogP) is 2.23. The zero-order chi connectivity index (χ0) is 14.4. The Morgan fingerprint density at radius 3 is 2.67 bits per heavy atom. The highest BCUT2D eigenvalue weighted by Crippen LogP contribution is 2.26. The number of ether oxygens (including phenoxy) is 2. The van der Waals surface area contributed by atoms with E-state index < -0.39 is 0 Å². The minimum Gasteiger partial charge on any atom is -0.493 e. The summed E-state index contributed by atoms with van der Waals surface area (Å²) in [7, 11) is 3.50. The molecule has 1 aromatic carbocycles. The van der Waals surface area contributed by atoms with Gasteiger partial charge in [0, 0.05) is 12.5 Å². The fraction of sp³-hybridized carbons (Fsp3) is 0.429. The van der Waals surface area contributed by atoms with E-state index in [-0.39, 0.29) is 19.0 Å². The van der Waals surface area contributed by atoms with Gasteiger partial charge in [-0.25, -0.2) is 0 Å². The highest BCUT2D eigenvalue weighted by Gasteiger charge is 2.11. The van der Waals surface area contributed by atoms with E-state index in [9.17, 15) is 0 Å². The molecular formula is C14H20ClN3O3. The molecular weight excluding hydrogens is 294 g/mol. The molecule has 0 saturated heterocycles. The fourth-order valence-electron chi connectivity index (χ4n) is 1.69. The Balaban J connectivity index is 0.00000220. The number of hydrogen-bond donors (Lipinski definition) is 1. The quantitative estimate of drug-likeness (QED) is 0.845. The number of rotatable bonds is 7. The lowest BCUT2D eigenvalue weighted by atomic mass is 10.2. The van der Waals surface area contributed by atoms with Gasteiger partial charge in [0.25, 0.3) is 5.89 Å². The molecule has 0 saturated carbocycles. The number of halogens is 1. The summed E-state index contributed by atoms with van der Waals surface area (Å²) in [5.41, 5.74) is 0. The van der Waals surface area contributed by atoms with Gasteiger partial charge in [0.05, 0.1) is 7.11 Å². The molecule has 1 heterocycles. The maximum Gasteiger partial charge on any atom is 0.264 e. The van der Waals surface area contributed by atoms with E-state index in [4.69, 9.17) is 14.0 Å². The van der Waals surface area contributed by atoms with Gasteiger partial charge in [-0.15, -0.1) is 12.4 Å². The average Bonchev–Trinajstić information content (AvgIpc) is 2.92. The molecule has 0 fully saturated rings. The first-order chi connectivity index (χ1) is 9.72. The van der Waals surface area contributed by atoms with Crippen molar-refractivity contribution in [2.75, 3.05) is 14.2 Å². The molecule has 116 valence electrons. The van der Waals surface area contributed by atoms with Crippen LogP contribution in [0.25, 0.3) is 0 Å². The number of hydrogen-bond acceptors (Lipinski definition) is 6. The first-order valence-electron chi connectivity index (χ1n) is 6.47. The summed E-state index contributed by atoms with van der Waals surface area (Å²) >= 11 is 0. The van der Waals surface area contributed by atoms with E-state index in [0.29, 0.717) is 35.7 Å². The predicted molar refractivity (Wildman–Crippen MR) is 81.1 cm³/mol. The summed E-state index contributed by atoms with van der Waals surface area (Å²) in [5, 5.41) is 7.05. The molecule has 0 aliphatic rings. The standard InChI is InChI=1S/C14H19N3O3.ClH/c1-10(15-2)8-13-16-14(20-17-13)9-19-12-7-5-4-6-11(12)18-3;/h4-7,10,15H,8-9H2,1-3H3;1H. The van der Waals surface area contributed by atoms with E-state index in [2.05, 4.69) is 22.4 Å². The van der Waals surface area contributed by atoms with E-state index in [0.717, 1.165) is 0 Å². The van der Waals surface area contributed by atoms with Crippen molar-refractivity contribution in [3.05, 3.63) is 36.0 Å². The number of benzene rings is 1. The normalized spacial score (nSPS) is 11.6. The molecule has 1 aromatic heterocycles. The molecule has 0 bridgehead atoms. The summed E-state index contributed by atoms with van der Waals surface area (Å²) in [6.07, 6.45) is 0.717. The second kappa shape index (κ2) is 8.49. The van der Waals surface area contributed by atoms with E-state index in [1.54, 1.807) is 7.11 Å². The van der Waals surface area contributed by atoms with Crippen molar-refractivity contribution in [1.82, 2.24) is 15.5 Å². The van der Waals surface area contributed by atoms with Gasteiger partial charge in [-0.3, -0.25) is 0 Å². The van der Waals surface area contributed by atoms with Gasteiger partial charge in [0.1, 0.15) is 0 Å². The highest BCUT2D eigenvalue weighted by atomic mass is 35.5. The van der Waals surface area contributed by atoms with Crippen LogP contribution in [-0.4, -0.2) is 30.3 Å². The minimum absolute atomic E-state index is 0. The third-order valence-corrected chi connectivity index (χ3v) is 2.91. The Kier molecular flexibility index (Phi) is 6.98. The molecule has 1 N–H and O–H groups in total. The summed E-state index contributed by atoms with van der Waals surface area (Å²) in [4.78, 5) is 4.29. The van der Waals surface area contributed by atoms with Gasteiger partial charge in [0.2, 0.25) is 0 Å². The van der Waals surface area contributed by atoms with Crippen molar-refractivity contribution >= 4 is 12.4 Å². The SMILES string of the molecule is CNC(C)Cc1noc(COc2ccccc2OC)n1.Cl. The van der Waals surface area contributed by atoms with Crippen LogP contribution >= 0.6 is 12.4 Å². The molecule has 1 atom stereocenters. The van der Waals surface area contributed by atoms with Gasteiger partial charge >= 0.3 is 0 Å². The molecule has 21 heavy (non-hydrogen) atoms. The zero-order valence-electron chi connectivity index (χ0n) is 12.3. The number of aromatic nitrogens is 2. The van der Waals surface area contributed by atoms with E-state index >= 15 is 0 Å². The first kappa shape index (κ1) is 17.3. The summed E-state index contributed by atoms with van der Waals surface area (Å²) in [6.45, 7) is 2.28. The lowest BCUT2D eigenvalue weighted by Gasteiger charge is -2.07. The number of para-hydroxylation sites is 2. The van der Waals surface area contributed by atoms with Crippen molar-refractivity contribution in [1.29, 1.82) is 0 Å². The third-order valence-electron chi connectivity index (χ3n) is 2.91. The minimum atomic E-state index is 0. The maximum atomic E-state index is 5.62. The second-order valence-electron chi connectivity index (χ2n) is 4.44. The van der Waals surface area contributed by atoms with Crippen molar-refractivity contribution < 1.29 is 14.0 Å². The molecule has 7 heteroatoms. The highest BCUT2D eigenvalue weighted by molar-refractivity contribution is 5.85. The smallest absolute Gasteiger partial charge is 0.264 e. The van der Waals surface area contributed by atoms with Crippen LogP contribution in [0, 0.1) is 0 Å². The lowest BCUT2D eigenvalue weighted by molar-refractivity contribution is 0.233. The van der Waals surface area contributed by atoms with Crippen molar-refractivity contribution in [3.8, 4) is 11.5 Å². The monoisotopic (exact) mass is 313 g/mol. The van der Waals surface area contributed by atoms with Gasteiger partial charge in [-0.05, 0) is 26.1 Å². The molecule has 2 aromatic rings. The first-order valence-corrected chi connectivity index (χ1v) is 6.47. The Bertz CT molecular complexity index is 548. The van der Waals surface area contributed by atoms with Crippen LogP contribution in [0.1, 0.15) is 18.6 Å². The van der Waals surface area contributed by atoms with Crippen LogP contribution in [0.2, 0.25) is 0 Å². The Labute approximate surface area is 130 Å². The molecule has 1 unspecified atom stereocenters. The Hall–Kier alpha value is -1.79. The van der Waals surface area contributed by atoms with Gasteiger partial charge in [-0.1, -0.05) is 17.3 Å². The third kappa shape index (κ3) is 4.91. The van der Waals surface area contributed by atoms with Crippen LogP contribution in [0.4, 0.5) is 0 Å². The average molecular weight is 314 g/mol. The Morgan fingerprint density at radius 1 is 1.29 bits per heavy atom. The van der Waals surface area contributed by atoms with Crippen molar-refractivity contribution in [3.63, 3.8) is 0 Å². The number of nitrogens with zero attached hydrogens (tertiary/aromatic N) is 2. The van der Waals surface area contributed by atoms with Gasteiger partial charge in [0.15, 0.2) is 23.9 Å². The lowest BCUT2D eigenvalue weighted by Crippen LogP contribution is -2.24. The summed E-state index contributed by atoms with van der Waals surface area (Å²) < 4.78 is 16.0. The van der Waals surface area contributed by atoms with Crippen LogP contribution in [0.15, 0.2) is 28.8 Å². The second-order valence-corrected chi connectivity index (χ2v) is 4.44. The van der Waals surface area contributed by atoms with E-state index in [1.165, 1.54) is 0 Å². The molecule has 0 aliphatic carbocycles. The zero-order valence-corrected chi connectivity index (χ0v) is 13.1. The van der Waals surface area contributed by atoms with Crippen LogP contribution < -0.4 is 14.8 Å². The van der Waals surface area contributed by atoms with Gasteiger partial charge < -0.3 is 19.3 Å². The largest absolute Gasteiger partial charge is 0.493 e. The number of likely N-dealkylation sites (N-methyl/N-ethyl adjacent to an activating group) is 1. The van der Waals surface area contributed by atoms with Crippen molar-refractivity contribution in [2.24, 2.45) is 0 Å².